The monoisotopic (exact) mass is 674 g/mol. The van der Waals surface area contributed by atoms with Crippen molar-refractivity contribution in [1.29, 1.82) is 5.41 Å². The molecular weight excluding hydrogens is 632 g/mol. The van der Waals surface area contributed by atoms with E-state index in [0.717, 1.165) is 17.5 Å². The van der Waals surface area contributed by atoms with E-state index in [2.05, 4.69) is 43.5 Å². The van der Waals surface area contributed by atoms with Crippen molar-refractivity contribution in [2.24, 2.45) is 13.0 Å². The lowest BCUT2D eigenvalue weighted by atomic mass is 9.98. The Morgan fingerprint density at radius 1 is 1.04 bits per heavy atom. The van der Waals surface area contributed by atoms with Crippen LogP contribution in [0.2, 0.25) is 0 Å². The van der Waals surface area contributed by atoms with E-state index in [9.17, 15) is 14.4 Å². The van der Waals surface area contributed by atoms with E-state index in [4.69, 9.17) is 11.1 Å². The number of aryl methyl sites for hydroxylation is 1. The summed E-state index contributed by atoms with van der Waals surface area (Å²) in [6.07, 6.45) is 6.72. The summed E-state index contributed by atoms with van der Waals surface area (Å²) in [6, 6.07) is 16.7. The van der Waals surface area contributed by atoms with E-state index in [1.807, 2.05) is 31.0 Å². The average molecular weight is 675 g/mol. The van der Waals surface area contributed by atoms with Crippen molar-refractivity contribution in [1.82, 2.24) is 34.9 Å². The predicted octanol–water partition coefficient (Wildman–Crippen LogP) is 3.23. The highest BCUT2D eigenvalue weighted by Crippen LogP contribution is 2.28. The van der Waals surface area contributed by atoms with Crippen molar-refractivity contribution in [3.63, 3.8) is 0 Å². The second-order valence-corrected chi connectivity index (χ2v) is 12.6. The van der Waals surface area contributed by atoms with E-state index in [0.29, 0.717) is 67.5 Å². The van der Waals surface area contributed by atoms with Crippen molar-refractivity contribution in [3.8, 4) is 11.4 Å². The summed E-state index contributed by atoms with van der Waals surface area (Å²) in [5.74, 6) is 0.183. The van der Waals surface area contributed by atoms with Gasteiger partial charge in [0.2, 0.25) is 11.8 Å². The van der Waals surface area contributed by atoms with Gasteiger partial charge in [0.05, 0.1) is 18.2 Å². The van der Waals surface area contributed by atoms with Gasteiger partial charge in [0, 0.05) is 74.5 Å². The maximum atomic E-state index is 13.8. The molecule has 13 heteroatoms. The third kappa shape index (κ3) is 7.32. The van der Waals surface area contributed by atoms with Crippen LogP contribution in [0.15, 0.2) is 73.2 Å². The molecule has 0 aliphatic carbocycles. The SMILES string of the molecule is CCN(C(=O)[C@@H]1CCN(CC(=O)N2CC=C(c3ccc(-c4ncn(C)n4)cc3)CC2)C1)c1ccc(N)c(C(=N)c2ccc(C(=O)NC)nc2)c1. The zero-order valence-corrected chi connectivity index (χ0v) is 28.6. The first-order chi connectivity index (χ1) is 24.1. The third-order valence-corrected chi connectivity index (χ3v) is 9.37. The number of nitrogen functional groups attached to an aromatic ring is 1. The van der Waals surface area contributed by atoms with Crippen LogP contribution in [0.25, 0.3) is 17.0 Å². The first-order valence-corrected chi connectivity index (χ1v) is 16.8. The van der Waals surface area contributed by atoms with Crippen LogP contribution in [-0.4, -0.2) is 99.3 Å². The van der Waals surface area contributed by atoms with Crippen LogP contribution in [0, 0.1) is 11.3 Å². The van der Waals surface area contributed by atoms with Gasteiger partial charge in [-0.25, -0.2) is 4.98 Å². The molecule has 0 bridgehead atoms. The molecule has 2 aliphatic rings. The Balaban J connectivity index is 1.04. The van der Waals surface area contributed by atoms with E-state index in [1.54, 1.807) is 46.2 Å². The Morgan fingerprint density at radius 3 is 2.46 bits per heavy atom. The van der Waals surface area contributed by atoms with E-state index < -0.39 is 0 Å². The molecule has 4 heterocycles. The number of amides is 3. The standard InChI is InChI=1S/C37H42N10O3/c1-4-47(29-10-11-31(38)30(19-29)34(39)27-9-12-32(41-20-27)36(49)40-2)37(50)28-13-16-45(21-28)22-33(48)46-17-14-25(15-18-46)24-5-7-26(8-6-24)35-42-23-44(3)43-35/h5-12,14,19-20,23,28,39H,4,13,15-18,21-22,38H2,1-3H3,(H,40,49)/t28-/m1/s1. The number of aromatic nitrogens is 4. The normalized spacial score (nSPS) is 16.2. The highest BCUT2D eigenvalue weighted by molar-refractivity contribution is 6.14. The Kier molecular flexibility index (Phi) is 10.1. The molecule has 3 amide bonds. The molecule has 50 heavy (non-hydrogen) atoms. The van der Waals surface area contributed by atoms with E-state index in [-0.39, 0.29) is 41.6 Å². The molecule has 2 aromatic heterocycles. The molecule has 4 aromatic rings. The summed E-state index contributed by atoms with van der Waals surface area (Å²) in [7, 11) is 3.38. The van der Waals surface area contributed by atoms with Crippen LogP contribution in [0.5, 0.6) is 0 Å². The molecule has 0 unspecified atom stereocenters. The number of carbonyl (C=O) groups excluding carboxylic acids is 3. The summed E-state index contributed by atoms with van der Waals surface area (Å²) in [4.78, 5) is 53.1. The molecule has 6 rings (SSSR count). The zero-order chi connectivity index (χ0) is 35.4. The van der Waals surface area contributed by atoms with Gasteiger partial charge in [0.15, 0.2) is 5.82 Å². The van der Waals surface area contributed by atoms with Crippen molar-refractivity contribution in [2.45, 2.75) is 19.8 Å². The number of nitrogens with one attached hydrogen (secondary N) is 2. The van der Waals surface area contributed by atoms with Gasteiger partial charge in [-0.3, -0.25) is 34.4 Å². The molecule has 258 valence electrons. The predicted molar refractivity (Wildman–Crippen MR) is 193 cm³/mol. The largest absolute Gasteiger partial charge is 0.398 e. The summed E-state index contributed by atoms with van der Waals surface area (Å²) in [5, 5.41) is 15.7. The Hall–Kier alpha value is -5.69. The van der Waals surface area contributed by atoms with Crippen LogP contribution in [0.3, 0.4) is 0 Å². The summed E-state index contributed by atoms with van der Waals surface area (Å²) in [6.45, 7) is 5.02. The van der Waals surface area contributed by atoms with Crippen LogP contribution < -0.4 is 16.0 Å². The molecule has 0 saturated carbocycles. The number of benzene rings is 2. The second-order valence-electron chi connectivity index (χ2n) is 12.6. The first kappa shape index (κ1) is 34.2. The maximum absolute atomic E-state index is 13.8. The minimum Gasteiger partial charge on any atom is -0.398 e. The lowest BCUT2D eigenvalue weighted by Crippen LogP contribution is -2.42. The molecule has 0 spiro atoms. The molecule has 1 fully saturated rings. The number of hydrogen-bond donors (Lipinski definition) is 3. The van der Waals surface area contributed by atoms with Crippen molar-refractivity contribution in [3.05, 3.63) is 95.6 Å². The molecule has 2 aromatic carbocycles. The Labute approximate surface area is 291 Å². The molecular formula is C37H42N10O3. The van der Waals surface area contributed by atoms with Gasteiger partial charge >= 0.3 is 0 Å². The van der Waals surface area contributed by atoms with E-state index >= 15 is 0 Å². The van der Waals surface area contributed by atoms with Crippen molar-refractivity contribution < 1.29 is 14.4 Å². The Bertz CT molecular complexity index is 1930. The minimum atomic E-state index is -0.312. The molecule has 1 saturated heterocycles. The van der Waals surface area contributed by atoms with Crippen molar-refractivity contribution in [2.75, 3.05) is 56.9 Å². The maximum Gasteiger partial charge on any atom is 0.269 e. The summed E-state index contributed by atoms with van der Waals surface area (Å²) in [5.41, 5.74) is 12.0. The highest BCUT2D eigenvalue weighted by Gasteiger charge is 2.33. The first-order valence-electron chi connectivity index (χ1n) is 16.8. The summed E-state index contributed by atoms with van der Waals surface area (Å²) < 4.78 is 1.68. The lowest BCUT2D eigenvalue weighted by Gasteiger charge is -2.29. The highest BCUT2D eigenvalue weighted by atomic mass is 16.2. The lowest BCUT2D eigenvalue weighted by molar-refractivity contribution is -0.132. The topological polar surface area (TPSA) is 166 Å². The number of nitrogens with zero attached hydrogens (tertiary/aromatic N) is 7. The number of likely N-dealkylation sites (tertiary alicyclic amines) is 1. The quantitative estimate of drug-likeness (QED) is 0.170. The molecule has 0 radical (unpaired) electrons. The minimum absolute atomic E-state index is 0.0170. The van der Waals surface area contributed by atoms with E-state index in [1.165, 1.54) is 18.8 Å². The molecule has 1 atom stereocenters. The van der Waals surface area contributed by atoms with Gasteiger partial charge in [-0.2, -0.15) is 5.10 Å². The Morgan fingerprint density at radius 2 is 1.82 bits per heavy atom. The molecule has 2 aliphatic heterocycles. The fraction of sp³-hybridized carbons (Fsp3) is 0.324. The number of nitrogens with two attached hydrogens (primary N) is 1. The average Bonchev–Trinajstić information content (AvgIpc) is 3.81. The van der Waals surface area contributed by atoms with Gasteiger partial charge in [0.1, 0.15) is 12.0 Å². The van der Waals surface area contributed by atoms with Gasteiger partial charge in [-0.15, -0.1) is 0 Å². The van der Waals surface area contributed by atoms with Gasteiger partial charge < -0.3 is 20.9 Å². The third-order valence-electron chi connectivity index (χ3n) is 9.37. The second kappa shape index (κ2) is 14.8. The molecule has 4 N–H and O–H groups in total. The van der Waals surface area contributed by atoms with Gasteiger partial charge in [-0.05, 0) is 67.8 Å². The summed E-state index contributed by atoms with van der Waals surface area (Å²) >= 11 is 0. The molecule has 13 nitrogen and oxygen atoms in total. The smallest absolute Gasteiger partial charge is 0.269 e. The number of carbonyl (C=O) groups is 3. The fourth-order valence-corrected chi connectivity index (χ4v) is 6.51. The van der Waals surface area contributed by atoms with Gasteiger partial charge in [0.25, 0.3) is 5.91 Å². The van der Waals surface area contributed by atoms with Crippen LogP contribution in [-0.2, 0) is 16.6 Å². The number of pyridine rings is 1. The van der Waals surface area contributed by atoms with Gasteiger partial charge in [-0.1, -0.05) is 30.3 Å². The fourth-order valence-electron chi connectivity index (χ4n) is 6.51. The van der Waals surface area contributed by atoms with Crippen LogP contribution in [0.1, 0.15) is 46.9 Å². The van der Waals surface area contributed by atoms with Crippen LogP contribution >= 0.6 is 0 Å². The number of anilines is 2. The van der Waals surface area contributed by atoms with Crippen LogP contribution in [0.4, 0.5) is 11.4 Å². The zero-order valence-electron chi connectivity index (χ0n) is 28.6. The van der Waals surface area contributed by atoms with Crippen molar-refractivity contribution >= 4 is 40.4 Å². The number of rotatable bonds is 10. The number of hydrogen-bond acceptors (Lipinski definition) is 9.